The van der Waals surface area contributed by atoms with E-state index in [1.54, 1.807) is 0 Å². The van der Waals surface area contributed by atoms with E-state index in [0.717, 1.165) is 28.9 Å². The van der Waals surface area contributed by atoms with E-state index in [9.17, 15) is 0 Å². The molecule has 0 radical (unpaired) electrons. The summed E-state index contributed by atoms with van der Waals surface area (Å²) in [6.45, 7) is 7.12. The Hall–Kier alpha value is -1.36. The van der Waals surface area contributed by atoms with Gasteiger partial charge < -0.3 is 19.6 Å². The smallest absolute Gasteiger partial charge is 0.134 e. The van der Waals surface area contributed by atoms with Gasteiger partial charge in [-0.15, -0.1) is 0 Å². The third-order valence-electron chi connectivity index (χ3n) is 3.04. The maximum absolute atomic E-state index is 5.73. The van der Waals surface area contributed by atoms with E-state index in [4.69, 9.17) is 19.6 Å². The number of rotatable bonds is 8. The molecule has 0 aliphatic rings. The highest BCUT2D eigenvalue weighted by atomic mass is 16.5. The summed E-state index contributed by atoms with van der Waals surface area (Å²) >= 11 is 0. The summed E-state index contributed by atoms with van der Waals surface area (Å²) in [6, 6.07) is 7.93. The van der Waals surface area contributed by atoms with E-state index < -0.39 is 0 Å². The first-order valence-electron chi connectivity index (χ1n) is 7.07. The Labute approximate surface area is 119 Å². The number of fused-ring (bicyclic) bond motifs is 1. The van der Waals surface area contributed by atoms with Crippen LogP contribution in [0.4, 0.5) is 0 Å². The Morgan fingerprint density at radius 2 is 1.90 bits per heavy atom. The van der Waals surface area contributed by atoms with Crippen LogP contribution >= 0.6 is 0 Å². The van der Waals surface area contributed by atoms with Crippen LogP contribution in [0.1, 0.15) is 25.2 Å². The predicted molar refractivity (Wildman–Crippen MR) is 79.4 cm³/mol. The van der Waals surface area contributed by atoms with Crippen LogP contribution in [0.3, 0.4) is 0 Å². The van der Waals surface area contributed by atoms with E-state index >= 15 is 0 Å². The van der Waals surface area contributed by atoms with E-state index in [1.807, 2.05) is 24.3 Å². The molecule has 0 aliphatic heterocycles. The number of hydrogen-bond donors (Lipinski definition) is 1. The fraction of sp³-hybridized carbons (Fsp3) is 0.500. The lowest BCUT2D eigenvalue weighted by molar-refractivity contribution is 0.0313. The molecule has 0 fully saturated rings. The molecule has 0 unspecified atom stereocenters. The van der Waals surface area contributed by atoms with Crippen LogP contribution in [-0.4, -0.2) is 19.8 Å². The van der Waals surface area contributed by atoms with Gasteiger partial charge in [0.2, 0.25) is 0 Å². The fourth-order valence-electron chi connectivity index (χ4n) is 2.08. The molecular weight excluding hydrogens is 254 g/mol. The van der Waals surface area contributed by atoms with Gasteiger partial charge >= 0.3 is 0 Å². The number of para-hydroxylation sites is 1. The van der Waals surface area contributed by atoms with Gasteiger partial charge in [0.25, 0.3) is 0 Å². The van der Waals surface area contributed by atoms with Crippen molar-refractivity contribution in [3.8, 4) is 0 Å². The largest absolute Gasteiger partial charge is 0.459 e. The van der Waals surface area contributed by atoms with Gasteiger partial charge in [-0.25, -0.2) is 0 Å². The van der Waals surface area contributed by atoms with Crippen LogP contribution in [0.2, 0.25) is 0 Å². The molecule has 0 bridgehead atoms. The highest BCUT2D eigenvalue weighted by Gasteiger charge is 2.12. The fourth-order valence-corrected chi connectivity index (χ4v) is 2.08. The molecule has 2 rings (SSSR count). The number of benzene rings is 1. The van der Waals surface area contributed by atoms with Crippen molar-refractivity contribution in [3.05, 3.63) is 35.6 Å². The Balaban J connectivity index is 1.89. The van der Waals surface area contributed by atoms with Crippen molar-refractivity contribution < 1.29 is 13.9 Å². The number of hydrogen-bond acceptors (Lipinski definition) is 4. The second-order valence-corrected chi connectivity index (χ2v) is 5.23. The molecule has 0 saturated carbocycles. The Morgan fingerprint density at radius 3 is 2.65 bits per heavy atom. The summed E-state index contributed by atoms with van der Waals surface area (Å²) in [5.74, 6) is 1.35. The van der Waals surface area contributed by atoms with Crippen molar-refractivity contribution in [2.45, 2.75) is 27.0 Å². The summed E-state index contributed by atoms with van der Waals surface area (Å²) < 4.78 is 16.9. The van der Waals surface area contributed by atoms with Crippen LogP contribution < -0.4 is 5.73 Å². The van der Waals surface area contributed by atoms with Crippen LogP contribution in [-0.2, 0) is 22.6 Å². The standard InChI is InChI=1S/C16H23NO3/c1-12(2)10-18-7-8-19-11-14-13-5-3-4-6-15(13)20-16(14)9-17/h3-6,12H,7-11,17H2,1-2H3. The van der Waals surface area contributed by atoms with Crippen LogP contribution in [0.15, 0.2) is 28.7 Å². The number of furan rings is 1. The molecule has 0 spiro atoms. The van der Waals surface area contributed by atoms with Crippen molar-refractivity contribution in [2.24, 2.45) is 11.7 Å². The van der Waals surface area contributed by atoms with E-state index in [2.05, 4.69) is 13.8 Å². The molecule has 0 saturated heterocycles. The lowest BCUT2D eigenvalue weighted by atomic mass is 10.1. The Morgan fingerprint density at radius 1 is 1.15 bits per heavy atom. The normalized spacial score (nSPS) is 11.6. The van der Waals surface area contributed by atoms with E-state index in [1.165, 1.54) is 0 Å². The van der Waals surface area contributed by atoms with Gasteiger partial charge in [0.15, 0.2) is 0 Å². The van der Waals surface area contributed by atoms with Crippen molar-refractivity contribution in [1.82, 2.24) is 0 Å². The predicted octanol–water partition coefficient (Wildman–Crippen LogP) is 3.08. The monoisotopic (exact) mass is 277 g/mol. The minimum absolute atomic E-state index is 0.386. The van der Waals surface area contributed by atoms with Crippen molar-refractivity contribution in [2.75, 3.05) is 19.8 Å². The molecule has 4 nitrogen and oxygen atoms in total. The van der Waals surface area contributed by atoms with Gasteiger partial charge in [-0.2, -0.15) is 0 Å². The molecule has 1 aromatic carbocycles. The second-order valence-electron chi connectivity index (χ2n) is 5.23. The average Bonchev–Trinajstić information content (AvgIpc) is 2.80. The third-order valence-corrected chi connectivity index (χ3v) is 3.04. The van der Waals surface area contributed by atoms with E-state index in [-0.39, 0.29) is 0 Å². The van der Waals surface area contributed by atoms with Crippen molar-refractivity contribution >= 4 is 11.0 Å². The van der Waals surface area contributed by atoms with Crippen LogP contribution in [0.25, 0.3) is 11.0 Å². The van der Waals surface area contributed by atoms with Crippen molar-refractivity contribution in [3.63, 3.8) is 0 Å². The van der Waals surface area contributed by atoms with Gasteiger partial charge in [-0.1, -0.05) is 32.0 Å². The highest BCUT2D eigenvalue weighted by Crippen LogP contribution is 2.26. The highest BCUT2D eigenvalue weighted by molar-refractivity contribution is 5.82. The molecule has 110 valence electrons. The molecule has 2 N–H and O–H groups in total. The molecule has 0 amide bonds. The SMILES string of the molecule is CC(C)COCCOCc1c(CN)oc2ccccc12. The molecule has 2 aromatic rings. The summed E-state index contributed by atoms with van der Waals surface area (Å²) in [6.07, 6.45) is 0. The molecule has 1 aromatic heterocycles. The van der Waals surface area contributed by atoms with Gasteiger partial charge in [-0.05, 0) is 12.0 Å². The molecule has 20 heavy (non-hydrogen) atoms. The topological polar surface area (TPSA) is 57.6 Å². The van der Waals surface area contributed by atoms with E-state index in [0.29, 0.717) is 32.3 Å². The Kier molecular flexibility index (Phi) is 5.59. The first-order valence-corrected chi connectivity index (χ1v) is 7.07. The average molecular weight is 277 g/mol. The molecule has 4 heteroatoms. The summed E-state index contributed by atoms with van der Waals surface area (Å²) in [4.78, 5) is 0. The van der Waals surface area contributed by atoms with Crippen LogP contribution in [0, 0.1) is 5.92 Å². The lowest BCUT2D eigenvalue weighted by Crippen LogP contribution is -2.09. The second kappa shape index (κ2) is 7.43. The molecule has 0 aliphatic carbocycles. The summed E-state index contributed by atoms with van der Waals surface area (Å²) in [7, 11) is 0. The summed E-state index contributed by atoms with van der Waals surface area (Å²) in [5, 5.41) is 1.08. The number of nitrogens with two attached hydrogens (primary N) is 1. The zero-order chi connectivity index (χ0) is 14.4. The maximum Gasteiger partial charge on any atom is 0.134 e. The van der Waals surface area contributed by atoms with Crippen LogP contribution in [0.5, 0.6) is 0 Å². The molecule has 0 atom stereocenters. The van der Waals surface area contributed by atoms with Gasteiger partial charge in [-0.3, -0.25) is 0 Å². The first-order chi connectivity index (χ1) is 9.72. The Bertz CT molecular complexity index is 534. The first kappa shape index (κ1) is 15.0. The zero-order valence-electron chi connectivity index (χ0n) is 12.2. The zero-order valence-corrected chi connectivity index (χ0v) is 12.2. The molecular formula is C16H23NO3. The van der Waals surface area contributed by atoms with Crippen molar-refractivity contribution in [1.29, 1.82) is 0 Å². The quantitative estimate of drug-likeness (QED) is 0.753. The summed E-state index contributed by atoms with van der Waals surface area (Å²) in [5.41, 5.74) is 7.64. The third kappa shape index (κ3) is 3.82. The maximum atomic E-state index is 5.73. The minimum atomic E-state index is 0.386. The minimum Gasteiger partial charge on any atom is -0.459 e. The van der Waals surface area contributed by atoms with Gasteiger partial charge in [0.05, 0.1) is 26.4 Å². The van der Waals surface area contributed by atoms with Gasteiger partial charge in [0, 0.05) is 17.6 Å². The van der Waals surface area contributed by atoms with Gasteiger partial charge in [0.1, 0.15) is 11.3 Å². The number of ether oxygens (including phenoxy) is 2. The lowest BCUT2D eigenvalue weighted by Gasteiger charge is -2.07. The molecule has 1 heterocycles.